The Bertz CT molecular complexity index is 1330. The molecule has 3 heterocycles. The molecule has 0 saturated heterocycles. The van der Waals surface area contributed by atoms with E-state index in [1.807, 2.05) is 0 Å². The largest absolute Gasteiger partial charge is 0.459 e. The molecule has 35 heavy (non-hydrogen) atoms. The summed E-state index contributed by atoms with van der Waals surface area (Å²) in [4.78, 5) is 30.2. The smallest absolute Gasteiger partial charge is 0.291 e. The lowest BCUT2D eigenvalue weighted by molar-refractivity contribution is -0.107. The lowest BCUT2D eigenvalue weighted by Gasteiger charge is -2.10. The Morgan fingerprint density at radius 1 is 1.26 bits per heavy atom. The summed E-state index contributed by atoms with van der Waals surface area (Å²) in [6, 6.07) is 10.7. The molecule has 180 valence electrons. The number of H-pyrrole nitrogens is 1. The summed E-state index contributed by atoms with van der Waals surface area (Å²) in [6.07, 6.45) is 4.72. The molecule has 0 radical (unpaired) electrons. The lowest BCUT2D eigenvalue weighted by atomic mass is 10.2. The Balaban J connectivity index is 1.47. The Morgan fingerprint density at radius 2 is 2.09 bits per heavy atom. The fraction of sp³-hybridized carbons (Fsp3) is 0.160. The number of nitrogens with one attached hydrogen (secondary N) is 3. The molecule has 0 spiro atoms. The maximum atomic E-state index is 14.3. The zero-order valence-corrected chi connectivity index (χ0v) is 18.7. The summed E-state index contributed by atoms with van der Waals surface area (Å²) >= 11 is 0. The number of anilines is 1. The van der Waals surface area contributed by atoms with Crippen LogP contribution in [0, 0.1) is 12.7 Å². The second-order valence-electron chi connectivity index (χ2n) is 7.67. The van der Waals surface area contributed by atoms with Crippen molar-refractivity contribution in [2.45, 2.75) is 19.6 Å². The molecule has 0 aliphatic rings. The van der Waals surface area contributed by atoms with Crippen molar-refractivity contribution in [1.82, 2.24) is 15.3 Å². The van der Waals surface area contributed by atoms with Crippen LogP contribution in [0.3, 0.4) is 0 Å². The van der Waals surface area contributed by atoms with Crippen molar-refractivity contribution in [3.05, 3.63) is 83.8 Å². The number of rotatable bonds is 10. The third kappa shape index (κ3) is 5.81. The number of ether oxygens (including phenoxy) is 1. The Kier molecular flexibility index (Phi) is 7.34. The van der Waals surface area contributed by atoms with Gasteiger partial charge in [0.25, 0.3) is 5.91 Å². The number of aliphatic hydroxyl groups excluding tert-OH is 1. The summed E-state index contributed by atoms with van der Waals surface area (Å²) in [5.41, 5.74) is 2.36. The number of amides is 1. The van der Waals surface area contributed by atoms with Crippen LogP contribution in [-0.2, 0) is 4.79 Å². The first kappa shape index (κ1) is 23.9. The van der Waals surface area contributed by atoms with Gasteiger partial charge in [-0.3, -0.25) is 15.1 Å². The molecular formula is C25H23FN4O5. The molecule has 9 nitrogen and oxygen atoms in total. The number of pyridine rings is 1. The second-order valence-corrected chi connectivity index (χ2v) is 7.67. The van der Waals surface area contributed by atoms with Crippen LogP contribution in [0.5, 0.6) is 11.5 Å². The number of aromatic amines is 1. The summed E-state index contributed by atoms with van der Waals surface area (Å²) in [5, 5.41) is 15.5. The standard InChI is InChI=1S/C25H23FN4O5/c1-15-6-10-34-23(15)25(33)30-20-12-17(3-4-19(20)26)35-18-5-8-27-22(13-18)21-11-16(14-29-21)24(32)28-7-2-9-31/h3-6,8-14,24,28-29,32H,2,7H2,1H3,(H,30,33). The number of hydrogen-bond donors (Lipinski definition) is 4. The Hall–Kier alpha value is -4.28. The third-order valence-corrected chi connectivity index (χ3v) is 5.12. The van der Waals surface area contributed by atoms with Crippen LogP contribution in [-0.4, -0.2) is 33.8 Å². The molecule has 4 aromatic rings. The molecule has 10 heteroatoms. The third-order valence-electron chi connectivity index (χ3n) is 5.12. The summed E-state index contributed by atoms with van der Waals surface area (Å²) in [7, 11) is 0. The number of nitrogens with zero attached hydrogens (tertiary/aromatic N) is 1. The van der Waals surface area contributed by atoms with Gasteiger partial charge >= 0.3 is 0 Å². The molecular weight excluding hydrogens is 455 g/mol. The number of benzene rings is 1. The van der Waals surface area contributed by atoms with Crippen LogP contribution in [0.4, 0.5) is 10.1 Å². The van der Waals surface area contributed by atoms with E-state index in [0.29, 0.717) is 47.0 Å². The Labute approximate surface area is 200 Å². The van der Waals surface area contributed by atoms with Gasteiger partial charge in [-0.1, -0.05) is 0 Å². The first-order valence-corrected chi connectivity index (χ1v) is 10.8. The van der Waals surface area contributed by atoms with Gasteiger partial charge in [0.15, 0.2) is 5.76 Å². The first-order valence-electron chi connectivity index (χ1n) is 10.8. The average molecular weight is 478 g/mol. The van der Waals surface area contributed by atoms with Gasteiger partial charge in [-0.2, -0.15) is 0 Å². The quantitative estimate of drug-likeness (QED) is 0.152. The predicted molar refractivity (Wildman–Crippen MR) is 126 cm³/mol. The fourth-order valence-corrected chi connectivity index (χ4v) is 3.32. The number of aldehydes is 1. The van der Waals surface area contributed by atoms with E-state index in [1.165, 1.54) is 24.5 Å². The van der Waals surface area contributed by atoms with Gasteiger partial charge in [0.1, 0.15) is 29.8 Å². The SMILES string of the molecule is Cc1ccoc1C(=O)Nc1cc(Oc2ccnc(-c3cc(C(O)NCCC=O)c[nH]3)c2)ccc1F. The maximum Gasteiger partial charge on any atom is 0.291 e. The normalized spacial score (nSPS) is 11.7. The van der Waals surface area contributed by atoms with Crippen LogP contribution in [0.1, 0.15) is 34.3 Å². The van der Waals surface area contributed by atoms with E-state index in [4.69, 9.17) is 9.15 Å². The molecule has 3 aromatic heterocycles. The van der Waals surface area contributed by atoms with Crippen molar-refractivity contribution in [2.24, 2.45) is 0 Å². The maximum absolute atomic E-state index is 14.3. The van der Waals surface area contributed by atoms with E-state index in [9.17, 15) is 19.1 Å². The summed E-state index contributed by atoms with van der Waals surface area (Å²) in [6.45, 7) is 2.07. The highest BCUT2D eigenvalue weighted by atomic mass is 19.1. The van der Waals surface area contributed by atoms with Crippen molar-refractivity contribution < 1.29 is 28.2 Å². The molecule has 0 fully saturated rings. The lowest BCUT2D eigenvalue weighted by Crippen LogP contribution is -2.21. The highest BCUT2D eigenvalue weighted by molar-refractivity contribution is 6.03. The van der Waals surface area contributed by atoms with E-state index in [1.54, 1.807) is 43.6 Å². The minimum Gasteiger partial charge on any atom is -0.459 e. The van der Waals surface area contributed by atoms with E-state index in [0.717, 1.165) is 6.29 Å². The molecule has 4 N–H and O–H groups in total. The molecule has 1 atom stereocenters. The van der Waals surface area contributed by atoms with E-state index >= 15 is 0 Å². The minimum absolute atomic E-state index is 0.0531. The fourth-order valence-electron chi connectivity index (χ4n) is 3.32. The monoisotopic (exact) mass is 478 g/mol. The molecule has 0 bridgehead atoms. The first-order chi connectivity index (χ1) is 16.9. The van der Waals surface area contributed by atoms with Gasteiger partial charge in [0, 0.05) is 48.6 Å². The number of aryl methyl sites for hydroxylation is 1. The van der Waals surface area contributed by atoms with Crippen molar-refractivity contribution in [3.8, 4) is 22.9 Å². The number of halogens is 1. The molecule has 0 aliphatic heterocycles. The molecule has 0 saturated carbocycles. The van der Waals surface area contributed by atoms with Crippen LogP contribution < -0.4 is 15.4 Å². The van der Waals surface area contributed by atoms with Crippen molar-refractivity contribution in [1.29, 1.82) is 0 Å². The van der Waals surface area contributed by atoms with Gasteiger partial charge in [-0.25, -0.2) is 4.39 Å². The molecule has 1 unspecified atom stereocenters. The highest BCUT2D eigenvalue weighted by Crippen LogP contribution is 2.29. The number of carbonyl (C=O) groups excluding carboxylic acids is 2. The number of aliphatic hydroxyl groups is 1. The van der Waals surface area contributed by atoms with Crippen molar-refractivity contribution in [2.75, 3.05) is 11.9 Å². The molecule has 1 aromatic carbocycles. The van der Waals surface area contributed by atoms with E-state index in [-0.39, 0.29) is 11.4 Å². The Morgan fingerprint density at radius 3 is 2.86 bits per heavy atom. The minimum atomic E-state index is -0.933. The zero-order valence-electron chi connectivity index (χ0n) is 18.7. The van der Waals surface area contributed by atoms with Gasteiger partial charge in [-0.05, 0) is 37.3 Å². The molecule has 1 amide bonds. The second kappa shape index (κ2) is 10.8. The number of aromatic nitrogens is 2. The topological polar surface area (TPSA) is 129 Å². The van der Waals surface area contributed by atoms with Crippen LogP contribution in [0.15, 0.2) is 65.5 Å². The van der Waals surface area contributed by atoms with Crippen molar-refractivity contribution >= 4 is 17.9 Å². The average Bonchev–Trinajstić information content (AvgIpc) is 3.51. The highest BCUT2D eigenvalue weighted by Gasteiger charge is 2.16. The van der Waals surface area contributed by atoms with E-state index < -0.39 is 18.0 Å². The molecule has 4 rings (SSSR count). The van der Waals surface area contributed by atoms with Crippen molar-refractivity contribution in [3.63, 3.8) is 0 Å². The number of carbonyl (C=O) groups is 2. The number of furan rings is 1. The van der Waals surface area contributed by atoms with Gasteiger partial charge in [-0.15, -0.1) is 0 Å². The molecule has 0 aliphatic carbocycles. The van der Waals surface area contributed by atoms with Crippen LogP contribution in [0.2, 0.25) is 0 Å². The van der Waals surface area contributed by atoms with E-state index in [2.05, 4.69) is 20.6 Å². The van der Waals surface area contributed by atoms with Crippen LogP contribution >= 0.6 is 0 Å². The van der Waals surface area contributed by atoms with Gasteiger partial charge < -0.3 is 29.4 Å². The number of hydrogen-bond acceptors (Lipinski definition) is 7. The predicted octanol–water partition coefficient (Wildman–Crippen LogP) is 4.33. The summed E-state index contributed by atoms with van der Waals surface area (Å²) in [5.74, 6) is -0.355. The van der Waals surface area contributed by atoms with Crippen LogP contribution in [0.25, 0.3) is 11.4 Å². The summed E-state index contributed by atoms with van der Waals surface area (Å²) < 4.78 is 25.3. The van der Waals surface area contributed by atoms with Gasteiger partial charge in [0.05, 0.1) is 23.3 Å². The van der Waals surface area contributed by atoms with Gasteiger partial charge in [0.2, 0.25) is 0 Å². The zero-order chi connectivity index (χ0) is 24.8.